The highest BCUT2D eigenvalue weighted by Gasteiger charge is 2.31. The van der Waals surface area contributed by atoms with Gasteiger partial charge in [-0.15, -0.1) is 11.8 Å². The van der Waals surface area contributed by atoms with Gasteiger partial charge in [-0.05, 0) is 49.9 Å². The minimum atomic E-state index is -0.949. The largest absolute Gasteiger partial charge is 0.481 e. The second kappa shape index (κ2) is 7.56. The average molecular weight is 406 g/mol. The summed E-state index contributed by atoms with van der Waals surface area (Å²) in [6.07, 6.45) is 2.26. The first-order valence-electron chi connectivity index (χ1n) is 8.56. The normalized spacial score (nSPS) is 11.9. The molecule has 6 heteroatoms. The molecule has 3 nitrogen and oxygen atoms in total. The van der Waals surface area contributed by atoms with Crippen molar-refractivity contribution in [1.82, 2.24) is 4.57 Å². The van der Waals surface area contributed by atoms with Crippen molar-refractivity contribution < 1.29 is 14.3 Å². The standard InChI is InChI=1S/C21H21ClFNO2S/c1-21(2,20(25)26)11-18-19(27-3)15-10-14(23)8-9-17(15)24(18)12-13-6-4-5-7-16(13)22/h4-10H,11-12H2,1-3H3,(H,25,26). The molecule has 1 N–H and O–H groups in total. The number of fused-ring (bicyclic) bond motifs is 1. The quantitative estimate of drug-likeness (QED) is 0.522. The van der Waals surface area contributed by atoms with E-state index in [0.29, 0.717) is 18.0 Å². The molecule has 3 rings (SSSR count). The van der Waals surface area contributed by atoms with Crippen LogP contribution in [0.2, 0.25) is 5.02 Å². The Balaban J connectivity index is 2.24. The maximum atomic E-state index is 13.9. The number of thioether (sulfide) groups is 1. The molecule has 0 amide bonds. The molecule has 0 aliphatic carbocycles. The predicted octanol–water partition coefficient (Wildman–Crippen LogP) is 5.86. The zero-order valence-corrected chi connectivity index (χ0v) is 17.0. The van der Waals surface area contributed by atoms with Gasteiger partial charge in [-0.2, -0.15) is 0 Å². The van der Waals surface area contributed by atoms with Crippen molar-refractivity contribution in [3.05, 3.63) is 64.6 Å². The zero-order valence-electron chi connectivity index (χ0n) is 15.4. The minimum absolute atomic E-state index is 0.309. The summed E-state index contributed by atoms with van der Waals surface area (Å²) in [4.78, 5) is 12.6. The van der Waals surface area contributed by atoms with E-state index in [1.54, 1.807) is 19.9 Å². The maximum absolute atomic E-state index is 13.9. The Morgan fingerprint density at radius 3 is 2.59 bits per heavy atom. The van der Waals surface area contributed by atoms with Gasteiger partial charge in [-0.25, -0.2) is 4.39 Å². The van der Waals surface area contributed by atoms with Crippen molar-refractivity contribution in [2.24, 2.45) is 5.41 Å². The summed E-state index contributed by atoms with van der Waals surface area (Å²) in [5.74, 6) is -1.17. The molecule has 1 heterocycles. The van der Waals surface area contributed by atoms with Crippen molar-refractivity contribution in [2.75, 3.05) is 6.26 Å². The first-order valence-corrected chi connectivity index (χ1v) is 10.2. The fourth-order valence-corrected chi connectivity index (χ4v) is 4.22. The smallest absolute Gasteiger partial charge is 0.309 e. The van der Waals surface area contributed by atoms with E-state index in [-0.39, 0.29) is 5.82 Å². The molecule has 0 aliphatic heterocycles. The lowest BCUT2D eigenvalue weighted by Gasteiger charge is -2.22. The Kier molecular flexibility index (Phi) is 5.54. The van der Waals surface area contributed by atoms with Gasteiger partial charge in [-0.1, -0.05) is 29.8 Å². The average Bonchev–Trinajstić information content (AvgIpc) is 2.88. The van der Waals surface area contributed by atoms with Gasteiger partial charge in [0.25, 0.3) is 0 Å². The Morgan fingerprint density at radius 2 is 1.96 bits per heavy atom. The van der Waals surface area contributed by atoms with Crippen molar-refractivity contribution in [3.63, 3.8) is 0 Å². The number of halogens is 2. The number of benzene rings is 2. The molecule has 142 valence electrons. The lowest BCUT2D eigenvalue weighted by atomic mass is 9.88. The van der Waals surface area contributed by atoms with Crippen LogP contribution in [0.15, 0.2) is 47.4 Å². The summed E-state index contributed by atoms with van der Waals surface area (Å²) in [6, 6.07) is 12.3. The highest BCUT2D eigenvalue weighted by atomic mass is 35.5. The van der Waals surface area contributed by atoms with Gasteiger partial charge in [0.2, 0.25) is 0 Å². The molecule has 0 fully saturated rings. The number of hydrogen-bond donors (Lipinski definition) is 1. The van der Waals surface area contributed by atoms with E-state index in [4.69, 9.17) is 11.6 Å². The molecular formula is C21H21ClFNO2S. The lowest BCUT2D eigenvalue weighted by Crippen LogP contribution is -2.27. The number of aliphatic carboxylic acids is 1. The number of nitrogens with zero attached hydrogens (tertiary/aromatic N) is 1. The van der Waals surface area contributed by atoms with Crippen molar-refractivity contribution in [1.29, 1.82) is 0 Å². The Hall–Kier alpha value is -1.98. The summed E-state index contributed by atoms with van der Waals surface area (Å²) in [7, 11) is 0. The van der Waals surface area contributed by atoms with Crippen LogP contribution in [0.4, 0.5) is 4.39 Å². The molecule has 0 aliphatic rings. The Morgan fingerprint density at radius 1 is 1.26 bits per heavy atom. The first kappa shape index (κ1) is 19.8. The number of hydrogen-bond acceptors (Lipinski definition) is 2. The van der Waals surface area contributed by atoms with Crippen LogP contribution in [-0.4, -0.2) is 21.9 Å². The SMILES string of the molecule is CSc1c(CC(C)(C)C(=O)O)n(Cc2ccccc2Cl)c2ccc(F)cc12. The fourth-order valence-electron chi connectivity index (χ4n) is 3.22. The highest BCUT2D eigenvalue weighted by molar-refractivity contribution is 7.98. The van der Waals surface area contributed by atoms with Gasteiger partial charge < -0.3 is 9.67 Å². The van der Waals surface area contributed by atoms with Gasteiger partial charge in [0, 0.05) is 39.5 Å². The van der Waals surface area contributed by atoms with E-state index in [1.165, 1.54) is 23.9 Å². The third-order valence-corrected chi connectivity index (χ3v) is 5.99. The number of aromatic nitrogens is 1. The summed E-state index contributed by atoms with van der Waals surface area (Å²) in [6.45, 7) is 3.91. The van der Waals surface area contributed by atoms with Crippen LogP contribution in [-0.2, 0) is 17.8 Å². The van der Waals surface area contributed by atoms with Gasteiger partial charge >= 0.3 is 5.97 Å². The molecule has 27 heavy (non-hydrogen) atoms. The van der Waals surface area contributed by atoms with Crippen molar-refractivity contribution in [2.45, 2.75) is 31.7 Å². The molecule has 0 atom stereocenters. The van der Waals surface area contributed by atoms with Crippen LogP contribution in [0.5, 0.6) is 0 Å². The summed E-state index contributed by atoms with van der Waals surface area (Å²) < 4.78 is 16.0. The number of carboxylic acids is 1. The van der Waals surface area contributed by atoms with Gasteiger partial charge in [-0.3, -0.25) is 4.79 Å². The van der Waals surface area contributed by atoms with Crippen LogP contribution >= 0.6 is 23.4 Å². The fraction of sp³-hybridized carbons (Fsp3) is 0.286. The molecule has 3 aromatic rings. The summed E-state index contributed by atoms with van der Waals surface area (Å²) >= 11 is 7.86. The maximum Gasteiger partial charge on any atom is 0.309 e. The van der Waals surface area contributed by atoms with Crippen LogP contribution < -0.4 is 0 Å². The molecule has 0 bridgehead atoms. The molecule has 0 saturated heterocycles. The second-order valence-electron chi connectivity index (χ2n) is 7.18. The topological polar surface area (TPSA) is 42.2 Å². The number of carboxylic acid groups (broad SMARTS) is 1. The van der Waals surface area contributed by atoms with Crippen LogP contribution in [0.3, 0.4) is 0 Å². The summed E-state index contributed by atoms with van der Waals surface area (Å²) in [5, 5.41) is 11.1. The predicted molar refractivity (Wildman–Crippen MR) is 109 cm³/mol. The Bertz CT molecular complexity index is 1010. The van der Waals surface area contributed by atoms with E-state index in [1.807, 2.05) is 30.5 Å². The minimum Gasteiger partial charge on any atom is -0.481 e. The van der Waals surface area contributed by atoms with Crippen LogP contribution in [0.1, 0.15) is 25.1 Å². The molecule has 0 unspecified atom stereocenters. The molecule has 2 aromatic carbocycles. The van der Waals surface area contributed by atoms with Crippen LogP contribution in [0.25, 0.3) is 10.9 Å². The third-order valence-electron chi connectivity index (χ3n) is 4.76. The molecule has 0 saturated carbocycles. The van der Waals surface area contributed by atoms with E-state index in [2.05, 4.69) is 4.57 Å². The van der Waals surface area contributed by atoms with Crippen molar-refractivity contribution >= 4 is 40.2 Å². The molecule has 1 aromatic heterocycles. The number of rotatable bonds is 6. The van der Waals surface area contributed by atoms with E-state index < -0.39 is 11.4 Å². The Labute approximate surface area is 167 Å². The van der Waals surface area contributed by atoms with Crippen LogP contribution in [0, 0.1) is 11.2 Å². The van der Waals surface area contributed by atoms with E-state index in [9.17, 15) is 14.3 Å². The first-order chi connectivity index (χ1) is 12.7. The highest BCUT2D eigenvalue weighted by Crippen LogP contribution is 2.38. The monoisotopic (exact) mass is 405 g/mol. The molecular weight excluding hydrogens is 385 g/mol. The van der Waals surface area contributed by atoms with Gasteiger partial charge in [0.15, 0.2) is 0 Å². The van der Waals surface area contributed by atoms with E-state index >= 15 is 0 Å². The van der Waals surface area contributed by atoms with E-state index in [0.717, 1.165) is 27.1 Å². The lowest BCUT2D eigenvalue weighted by molar-refractivity contribution is -0.146. The van der Waals surface area contributed by atoms with Gasteiger partial charge in [0.1, 0.15) is 5.82 Å². The molecule has 0 spiro atoms. The third kappa shape index (κ3) is 3.85. The van der Waals surface area contributed by atoms with Crippen molar-refractivity contribution in [3.8, 4) is 0 Å². The zero-order chi connectivity index (χ0) is 19.8. The molecule has 0 radical (unpaired) electrons. The van der Waals surface area contributed by atoms with Gasteiger partial charge in [0.05, 0.1) is 5.41 Å². The summed E-state index contributed by atoms with van der Waals surface area (Å²) in [5.41, 5.74) is 1.74. The second-order valence-corrected chi connectivity index (χ2v) is 8.41. The number of carbonyl (C=O) groups is 1.